The van der Waals surface area contributed by atoms with Crippen LogP contribution >= 0.6 is 0 Å². The van der Waals surface area contributed by atoms with E-state index in [4.69, 9.17) is 14.6 Å². The van der Waals surface area contributed by atoms with Crippen molar-refractivity contribution >= 4 is 5.97 Å². The Kier molecular flexibility index (Phi) is 2.24. The molecule has 0 bridgehead atoms. The highest BCUT2D eigenvalue weighted by Crippen LogP contribution is 2.58. The number of nitrogens with zero attached hydrogens (tertiary/aromatic N) is 1. The van der Waals surface area contributed by atoms with Crippen molar-refractivity contribution in [2.24, 2.45) is 5.92 Å². The Labute approximate surface area is 114 Å². The zero-order chi connectivity index (χ0) is 13.7. The van der Waals surface area contributed by atoms with Gasteiger partial charge < -0.3 is 14.6 Å². The van der Waals surface area contributed by atoms with Crippen molar-refractivity contribution in [3.05, 3.63) is 48.3 Å². The van der Waals surface area contributed by atoms with E-state index < -0.39 is 11.9 Å². The standard InChI is InChI=1S/C15H11NO4/c17-15(18)13-12-10-7-9(1-2-11(10)20-14(12)13)19-8-3-5-16-6-4-8/h1-7,12-14H,(H,17,18)/t12-,13-,14-/m0/s1. The van der Waals surface area contributed by atoms with Gasteiger partial charge in [-0.25, -0.2) is 0 Å². The summed E-state index contributed by atoms with van der Waals surface area (Å²) in [7, 11) is 0. The highest BCUT2D eigenvalue weighted by atomic mass is 16.5. The fraction of sp³-hybridized carbons (Fsp3) is 0.200. The summed E-state index contributed by atoms with van der Waals surface area (Å²) in [6.45, 7) is 0. The normalized spacial score (nSPS) is 25.3. The SMILES string of the molecule is O=C(O)[C@@H]1[C@H]2Oc3ccc(Oc4ccncc4)cc3[C@H]21. The minimum atomic E-state index is -0.800. The number of carboxylic acid groups (broad SMARTS) is 1. The maximum absolute atomic E-state index is 11.0. The molecule has 3 atom stereocenters. The molecule has 1 aliphatic heterocycles. The van der Waals surface area contributed by atoms with Gasteiger partial charge in [-0.2, -0.15) is 0 Å². The van der Waals surface area contributed by atoms with Gasteiger partial charge in [0.2, 0.25) is 0 Å². The Morgan fingerprint density at radius 1 is 1.20 bits per heavy atom. The van der Waals surface area contributed by atoms with Gasteiger partial charge >= 0.3 is 5.97 Å². The van der Waals surface area contributed by atoms with Crippen LogP contribution in [0.5, 0.6) is 17.2 Å². The molecule has 1 N–H and O–H groups in total. The van der Waals surface area contributed by atoms with Crippen LogP contribution in [-0.4, -0.2) is 22.2 Å². The lowest BCUT2D eigenvalue weighted by Gasteiger charge is -2.09. The monoisotopic (exact) mass is 269 g/mol. The highest BCUT2D eigenvalue weighted by Gasteiger charge is 2.63. The van der Waals surface area contributed by atoms with Crippen LogP contribution in [0.3, 0.4) is 0 Å². The molecule has 1 aliphatic carbocycles. The van der Waals surface area contributed by atoms with E-state index in [1.54, 1.807) is 24.5 Å². The van der Waals surface area contributed by atoms with E-state index >= 15 is 0 Å². The number of ether oxygens (including phenoxy) is 2. The van der Waals surface area contributed by atoms with E-state index in [2.05, 4.69) is 4.98 Å². The van der Waals surface area contributed by atoms with Crippen LogP contribution in [0.4, 0.5) is 0 Å². The van der Waals surface area contributed by atoms with Gasteiger partial charge in [0.15, 0.2) is 0 Å². The van der Waals surface area contributed by atoms with Crippen molar-refractivity contribution in [1.29, 1.82) is 0 Å². The van der Waals surface area contributed by atoms with Gasteiger partial charge in [-0.3, -0.25) is 9.78 Å². The van der Waals surface area contributed by atoms with E-state index in [1.807, 2.05) is 18.2 Å². The molecule has 1 aromatic carbocycles. The predicted molar refractivity (Wildman–Crippen MR) is 69.0 cm³/mol. The summed E-state index contributed by atoms with van der Waals surface area (Å²) in [5.74, 6) is 0.879. The number of benzene rings is 1. The first-order valence-electron chi connectivity index (χ1n) is 6.35. The van der Waals surface area contributed by atoms with Gasteiger partial charge in [0.1, 0.15) is 29.3 Å². The van der Waals surface area contributed by atoms with E-state index in [0.717, 1.165) is 11.3 Å². The number of pyridine rings is 1. The second kappa shape index (κ2) is 3.96. The summed E-state index contributed by atoms with van der Waals surface area (Å²) in [4.78, 5) is 15.0. The fourth-order valence-electron chi connectivity index (χ4n) is 2.74. The summed E-state index contributed by atoms with van der Waals surface area (Å²) < 4.78 is 11.3. The summed E-state index contributed by atoms with van der Waals surface area (Å²) in [5, 5.41) is 9.07. The van der Waals surface area contributed by atoms with Crippen molar-refractivity contribution in [2.75, 3.05) is 0 Å². The Balaban J connectivity index is 1.61. The van der Waals surface area contributed by atoms with Crippen LogP contribution in [-0.2, 0) is 4.79 Å². The largest absolute Gasteiger partial charge is 0.489 e. The van der Waals surface area contributed by atoms with E-state index in [-0.39, 0.29) is 12.0 Å². The topological polar surface area (TPSA) is 68.7 Å². The molecule has 2 aliphatic rings. The number of hydrogen-bond donors (Lipinski definition) is 1. The number of fused-ring (bicyclic) bond motifs is 3. The van der Waals surface area contributed by atoms with Crippen molar-refractivity contribution in [3.8, 4) is 17.2 Å². The molecule has 0 spiro atoms. The molecule has 2 aromatic rings. The van der Waals surface area contributed by atoms with Gasteiger partial charge in [0.05, 0.1) is 0 Å². The third-order valence-corrected chi connectivity index (χ3v) is 3.73. The number of aromatic nitrogens is 1. The maximum Gasteiger partial charge on any atom is 0.311 e. The van der Waals surface area contributed by atoms with Gasteiger partial charge in [-0.1, -0.05) is 0 Å². The third kappa shape index (κ3) is 1.63. The molecule has 2 heterocycles. The second-order valence-corrected chi connectivity index (χ2v) is 4.96. The van der Waals surface area contributed by atoms with Crippen molar-refractivity contribution in [2.45, 2.75) is 12.0 Å². The molecule has 100 valence electrons. The fourth-order valence-corrected chi connectivity index (χ4v) is 2.74. The molecule has 20 heavy (non-hydrogen) atoms. The number of hydrogen-bond acceptors (Lipinski definition) is 4. The maximum atomic E-state index is 11.0. The van der Waals surface area contributed by atoms with Gasteiger partial charge in [-0.05, 0) is 30.3 Å². The average molecular weight is 269 g/mol. The van der Waals surface area contributed by atoms with Crippen LogP contribution in [0.25, 0.3) is 0 Å². The molecule has 1 aromatic heterocycles. The van der Waals surface area contributed by atoms with Crippen molar-refractivity contribution < 1.29 is 19.4 Å². The van der Waals surface area contributed by atoms with Gasteiger partial charge in [-0.15, -0.1) is 0 Å². The third-order valence-electron chi connectivity index (χ3n) is 3.73. The van der Waals surface area contributed by atoms with Crippen LogP contribution < -0.4 is 9.47 Å². The first-order chi connectivity index (χ1) is 9.74. The molecule has 5 heteroatoms. The summed E-state index contributed by atoms with van der Waals surface area (Å²) >= 11 is 0. The average Bonchev–Trinajstić information content (AvgIpc) is 3.05. The second-order valence-electron chi connectivity index (χ2n) is 4.96. The number of aliphatic carboxylic acids is 1. The zero-order valence-electron chi connectivity index (χ0n) is 10.4. The van der Waals surface area contributed by atoms with Crippen LogP contribution in [0.1, 0.15) is 11.5 Å². The zero-order valence-corrected chi connectivity index (χ0v) is 10.4. The number of rotatable bonds is 3. The van der Waals surface area contributed by atoms with Crippen LogP contribution in [0.15, 0.2) is 42.7 Å². The Morgan fingerprint density at radius 3 is 2.75 bits per heavy atom. The van der Waals surface area contributed by atoms with Crippen molar-refractivity contribution in [1.82, 2.24) is 4.98 Å². The summed E-state index contributed by atoms with van der Waals surface area (Å²) in [6.07, 6.45) is 3.10. The van der Waals surface area contributed by atoms with Gasteiger partial charge in [0, 0.05) is 23.9 Å². The smallest absolute Gasteiger partial charge is 0.311 e. The molecular formula is C15H11NO4. The van der Waals surface area contributed by atoms with Gasteiger partial charge in [0.25, 0.3) is 0 Å². The quantitative estimate of drug-likeness (QED) is 0.926. The molecule has 0 unspecified atom stereocenters. The molecule has 0 amide bonds. The van der Waals surface area contributed by atoms with Crippen LogP contribution in [0.2, 0.25) is 0 Å². The van der Waals surface area contributed by atoms with E-state index in [9.17, 15) is 4.79 Å². The Bertz CT molecular complexity index is 686. The lowest BCUT2D eigenvalue weighted by molar-refractivity contribution is -0.139. The molecular weight excluding hydrogens is 258 g/mol. The first kappa shape index (κ1) is 11.3. The predicted octanol–water partition coefficient (Wildman–Crippen LogP) is 2.43. The van der Waals surface area contributed by atoms with E-state index in [0.29, 0.717) is 11.5 Å². The molecule has 0 saturated heterocycles. The lowest BCUT2D eigenvalue weighted by Crippen LogP contribution is -2.08. The number of carbonyl (C=O) groups is 1. The lowest BCUT2D eigenvalue weighted by atomic mass is 10.1. The summed E-state index contributed by atoms with van der Waals surface area (Å²) in [5.41, 5.74) is 0.925. The van der Waals surface area contributed by atoms with E-state index in [1.165, 1.54) is 0 Å². The molecule has 4 rings (SSSR count). The molecule has 1 fully saturated rings. The van der Waals surface area contributed by atoms with Crippen molar-refractivity contribution in [3.63, 3.8) is 0 Å². The minimum absolute atomic E-state index is 0.0384. The van der Waals surface area contributed by atoms with Crippen LogP contribution in [0, 0.1) is 5.92 Å². The first-order valence-corrected chi connectivity index (χ1v) is 6.35. The minimum Gasteiger partial charge on any atom is -0.489 e. The highest BCUT2D eigenvalue weighted by molar-refractivity contribution is 5.79. The molecule has 5 nitrogen and oxygen atoms in total. The molecule has 1 saturated carbocycles. The Morgan fingerprint density at radius 2 is 2.00 bits per heavy atom. The molecule has 0 radical (unpaired) electrons. The Hall–Kier alpha value is -2.56. The number of carboxylic acids is 1. The summed E-state index contributed by atoms with van der Waals surface area (Å²) in [6, 6.07) is 9.05.